The first-order valence-corrected chi connectivity index (χ1v) is 8.86. The maximum absolute atomic E-state index is 13.0. The van der Waals surface area contributed by atoms with Crippen LogP contribution in [0.4, 0.5) is 0 Å². The van der Waals surface area contributed by atoms with Gasteiger partial charge in [-0.3, -0.25) is 0 Å². The van der Waals surface area contributed by atoms with E-state index in [1.165, 1.54) is 0 Å². The summed E-state index contributed by atoms with van der Waals surface area (Å²) < 4.78 is 27.6. The van der Waals surface area contributed by atoms with Crippen LogP contribution in [0.1, 0.15) is 43.4 Å². The summed E-state index contributed by atoms with van der Waals surface area (Å²) in [6.45, 7) is 8.37. The van der Waals surface area contributed by atoms with Gasteiger partial charge < -0.3 is 0 Å². The molecule has 3 nitrogen and oxygen atoms in total. The number of aryl methyl sites for hydroxylation is 1. The zero-order valence-corrected chi connectivity index (χ0v) is 14.1. The Hall–Kier alpha value is -0.580. The van der Waals surface area contributed by atoms with Gasteiger partial charge in [0.2, 0.25) is 10.0 Å². The van der Waals surface area contributed by atoms with Crippen LogP contribution in [0.3, 0.4) is 0 Å². The second-order valence-electron chi connectivity index (χ2n) is 6.16. The van der Waals surface area contributed by atoms with Gasteiger partial charge in [-0.2, -0.15) is 4.31 Å². The minimum absolute atomic E-state index is 0.309. The van der Waals surface area contributed by atoms with E-state index < -0.39 is 10.0 Å². The number of hydrogen-bond donors (Lipinski definition) is 0. The molecule has 0 amide bonds. The molecule has 0 atom stereocenters. The Kier molecular flexibility index (Phi) is 4.20. The van der Waals surface area contributed by atoms with Crippen LogP contribution in [-0.4, -0.2) is 24.8 Å². The van der Waals surface area contributed by atoms with Crippen LogP contribution in [-0.2, 0) is 15.9 Å². The molecule has 112 valence electrons. The topological polar surface area (TPSA) is 37.4 Å². The third kappa shape index (κ3) is 2.61. The van der Waals surface area contributed by atoms with Crippen LogP contribution < -0.4 is 0 Å². The number of hydrogen-bond acceptors (Lipinski definition) is 2. The standard InChI is InChI=1S/C15H22ClNO2S/c1-11-8-13(10-16)9-14(12(11)2)20(18,19)17-7-5-6-15(17,3)4/h8-9H,5-7,10H2,1-4H3. The summed E-state index contributed by atoms with van der Waals surface area (Å²) in [4.78, 5) is 0.406. The van der Waals surface area contributed by atoms with Crippen molar-refractivity contribution in [3.8, 4) is 0 Å². The Morgan fingerprint density at radius 1 is 1.30 bits per heavy atom. The molecule has 1 aliphatic rings. The lowest BCUT2D eigenvalue weighted by Gasteiger charge is -2.31. The number of sulfonamides is 1. The summed E-state index contributed by atoms with van der Waals surface area (Å²) in [6, 6.07) is 3.68. The molecule has 1 fully saturated rings. The van der Waals surface area contributed by atoms with Gasteiger partial charge in [-0.1, -0.05) is 6.07 Å². The van der Waals surface area contributed by atoms with Gasteiger partial charge in [0.1, 0.15) is 0 Å². The van der Waals surface area contributed by atoms with Crippen molar-refractivity contribution in [2.45, 2.75) is 56.9 Å². The van der Waals surface area contributed by atoms with Gasteiger partial charge >= 0.3 is 0 Å². The van der Waals surface area contributed by atoms with Gasteiger partial charge in [0.15, 0.2) is 0 Å². The fraction of sp³-hybridized carbons (Fsp3) is 0.600. The molecule has 0 unspecified atom stereocenters. The molecule has 20 heavy (non-hydrogen) atoms. The van der Waals surface area contributed by atoms with Crippen molar-refractivity contribution < 1.29 is 8.42 Å². The first kappa shape index (κ1) is 15.8. The van der Waals surface area contributed by atoms with Crippen molar-refractivity contribution in [2.75, 3.05) is 6.54 Å². The Morgan fingerprint density at radius 2 is 1.95 bits per heavy atom. The summed E-state index contributed by atoms with van der Waals surface area (Å²) >= 11 is 5.88. The average Bonchev–Trinajstić information content (AvgIpc) is 2.72. The van der Waals surface area contributed by atoms with Gasteiger partial charge in [0, 0.05) is 18.0 Å². The summed E-state index contributed by atoms with van der Waals surface area (Å²) in [7, 11) is -3.46. The SMILES string of the molecule is Cc1cc(CCl)cc(S(=O)(=O)N2CCCC2(C)C)c1C. The van der Waals surface area contributed by atoms with E-state index in [1.54, 1.807) is 10.4 Å². The van der Waals surface area contributed by atoms with Crippen LogP contribution in [0, 0.1) is 13.8 Å². The number of alkyl halides is 1. The molecule has 1 aliphatic heterocycles. The van der Waals surface area contributed by atoms with Crippen LogP contribution in [0.15, 0.2) is 17.0 Å². The van der Waals surface area contributed by atoms with Crippen LogP contribution >= 0.6 is 11.6 Å². The molecule has 0 aromatic heterocycles. The van der Waals surface area contributed by atoms with Gasteiger partial charge in [-0.05, 0) is 63.3 Å². The Labute approximate surface area is 127 Å². The molecule has 0 radical (unpaired) electrons. The van der Waals surface area contributed by atoms with E-state index in [-0.39, 0.29) is 5.54 Å². The molecule has 0 bridgehead atoms. The first-order valence-electron chi connectivity index (χ1n) is 6.89. The Bertz CT molecular complexity index is 623. The normalized spacial score (nSPS) is 19.4. The fourth-order valence-corrected chi connectivity index (χ4v) is 5.24. The molecule has 1 saturated heterocycles. The predicted octanol–water partition coefficient (Wildman–Crippen LogP) is 3.61. The molecular weight excluding hydrogens is 294 g/mol. The fourth-order valence-electron chi connectivity index (χ4n) is 2.89. The third-order valence-corrected chi connectivity index (χ3v) is 6.77. The minimum Gasteiger partial charge on any atom is -0.207 e. The highest BCUT2D eigenvalue weighted by Gasteiger charge is 2.41. The molecule has 2 rings (SSSR count). The maximum Gasteiger partial charge on any atom is 0.243 e. The number of benzene rings is 1. The summed E-state index contributed by atoms with van der Waals surface area (Å²) in [5.41, 5.74) is 2.33. The molecule has 5 heteroatoms. The monoisotopic (exact) mass is 315 g/mol. The quantitative estimate of drug-likeness (QED) is 0.799. The molecule has 0 N–H and O–H groups in total. The third-order valence-electron chi connectivity index (χ3n) is 4.23. The molecular formula is C15H22ClNO2S. The molecule has 1 aromatic rings. The number of rotatable bonds is 3. The van der Waals surface area contributed by atoms with Crippen molar-refractivity contribution in [1.29, 1.82) is 0 Å². The average molecular weight is 316 g/mol. The van der Waals surface area contributed by atoms with Crippen LogP contribution in [0.5, 0.6) is 0 Å². The van der Waals surface area contributed by atoms with Crippen LogP contribution in [0.2, 0.25) is 0 Å². The van der Waals surface area contributed by atoms with Crippen molar-refractivity contribution in [2.24, 2.45) is 0 Å². The van der Waals surface area contributed by atoms with E-state index in [0.29, 0.717) is 17.3 Å². The lowest BCUT2D eigenvalue weighted by Crippen LogP contribution is -2.42. The van der Waals surface area contributed by atoms with Gasteiger partial charge in [0.05, 0.1) is 4.90 Å². The van der Waals surface area contributed by atoms with Gasteiger partial charge in [-0.25, -0.2) is 8.42 Å². The van der Waals surface area contributed by atoms with E-state index in [2.05, 4.69) is 0 Å². The van der Waals surface area contributed by atoms with Crippen molar-refractivity contribution in [3.05, 3.63) is 28.8 Å². The summed E-state index contributed by atoms with van der Waals surface area (Å²) in [5, 5.41) is 0. The Morgan fingerprint density at radius 3 is 2.45 bits per heavy atom. The number of halogens is 1. The second-order valence-corrected chi connectivity index (χ2v) is 8.26. The van der Waals surface area contributed by atoms with E-state index in [1.807, 2.05) is 33.8 Å². The molecule has 1 heterocycles. The zero-order chi connectivity index (χ0) is 15.1. The van der Waals surface area contributed by atoms with Gasteiger partial charge in [-0.15, -0.1) is 11.6 Å². The molecule has 0 aliphatic carbocycles. The zero-order valence-electron chi connectivity index (χ0n) is 12.5. The highest BCUT2D eigenvalue weighted by molar-refractivity contribution is 7.89. The lowest BCUT2D eigenvalue weighted by molar-refractivity contribution is 0.291. The van der Waals surface area contributed by atoms with Crippen molar-refractivity contribution in [1.82, 2.24) is 4.31 Å². The second kappa shape index (κ2) is 5.32. The highest BCUT2D eigenvalue weighted by atomic mass is 35.5. The number of nitrogens with zero attached hydrogens (tertiary/aromatic N) is 1. The summed E-state index contributed by atoms with van der Waals surface area (Å²) in [5.74, 6) is 0.326. The van der Waals surface area contributed by atoms with E-state index in [4.69, 9.17) is 11.6 Å². The van der Waals surface area contributed by atoms with Crippen molar-refractivity contribution >= 4 is 21.6 Å². The van der Waals surface area contributed by atoms with E-state index in [0.717, 1.165) is 29.5 Å². The lowest BCUT2D eigenvalue weighted by atomic mass is 10.0. The first-order chi connectivity index (χ1) is 9.20. The predicted molar refractivity (Wildman–Crippen MR) is 82.7 cm³/mol. The van der Waals surface area contributed by atoms with Crippen molar-refractivity contribution in [3.63, 3.8) is 0 Å². The van der Waals surface area contributed by atoms with E-state index >= 15 is 0 Å². The maximum atomic E-state index is 13.0. The summed E-state index contributed by atoms with van der Waals surface area (Å²) in [6.07, 6.45) is 1.82. The largest absolute Gasteiger partial charge is 0.243 e. The van der Waals surface area contributed by atoms with E-state index in [9.17, 15) is 8.42 Å². The highest BCUT2D eigenvalue weighted by Crippen LogP contribution is 2.35. The molecule has 0 spiro atoms. The van der Waals surface area contributed by atoms with Gasteiger partial charge in [0.25, 0.3) is 0 Å². The van der Waals surface area contributed by atoms with Crippen LogP contribution in [0.25, 0.3) is 0 Å². The molecule has 1 aromatic carbocycles. The Balaban J connectivity index is 2.58. The minimum atomic E-state index is -3.46. The molecule has 0 saturated carbocycles. The smallest absolute Gasteiger partial charge is 0.207 e.